The van der Waals surface area contributed by atoms with Gasteiger partial charge in [-0.1, -0.05) is 13.8 Å². The first-order valence-electron chi connectivity index (χ1n) is 8.68. The van der Waals surface area contributed by atoms with Crippen LogP contribution < -0.4 is 9.64 Å². The first-order valence-corrected chi connectivity index (χ1v) is 8.68. The zero-order chi connectivity index (χ0) is 17.4. The second-order valence-electron chi connectivity index (χ2n) is 5.90. The number of rotatable bonds is 8. The van der Waals surface area contributed by atoms with Gasteiger partial charge in [-0.2, -0.15) is 0 Å². The Balaban J connectivity index is 1.84. The zero-order valence-electron chi connectivity index (χ0n) is 14.9. The third-order valence-corrected chi connectivity index (χ3v) is 4.41. The van der Waals surface area contributed by atoms with Crippen LogP contribution in [-0.2, 0) is 9.53 Å². The molecule has 0 spiro atoms. The van der Waals surface area contributed by atoms with E-state index in [-0.39, 0.29) is 11.8 Å². The maximum atomic E-state index is 12.4. The van der Waals surface area contributed by atoms with E-state index in [0.717, 1.165) is 44.8 Å². The van der Waals surface area contributed by atoms with E-state index in [4.69, 9.17) is 9.47 Å². The minimum atomic E-state index is 0.153. The molecule has 0 atom stereocenters. The fourth-order valence-corrected chi connectivity index (χ4v) is 2.84. The Morgan fingerprint density at radius 3 is 2.38 bits per heavy atom. The van der Waals surface area contributed by atoms with Crippen LogP contribution >= 0.6 is 0 Å². The van der Waals surface area contributed by atoms with Crippen molar-refractivity contribution in [3.8, 4) is 5.88 Å². The molecule has 0 aromatic carbocycles. The van der Waals surface area contributed by atoms with Crippen molar-refractivity contribution >= 4 is 11.7 Å². The molecule has 1 aromatic rings. The molecule has 1 aliphatic rings. The van der Waals surface area contributed by atoms with Crippen LogP contribution in [0.3, 0.4) is 0 Å². The van der Waals surface area contributed by atoms with Gasteiger partial charge in [0.1, 0.15) is 6.61 Å². The largest absolute Gasteiger partial charge is 0.474 e. The Hall–Kier alpha value is -1.89. The summed E-state index contributed by atoms with van der Waals surface area (Å²) in [4.78, 5) is 16.6. The van der Waals surface area contributed by atoms with E-state index in [2.05, 4.69) is 28.9 Å². The maximum absolute atomic E-state index is 12.4. The average molecular weight is 336 g/mol. The van der Waals surface area contributed by atoms with Crippen LogP contribution in [0.1, 0.15) is 26.7 Å². The molecule has 1 fully saturated rings. The predicted octanol–water partition coefficient (Wildman–Crippen LogP) is 1.59. The number of nitrogens with zero attached hydrogens (tertiary/aromatic N) is 4. The Morgan fingerprint density at radius 1 is 1.12 bits per heavy atom. The number of methoxy groups -OCH3 is 1. The van der Waals surface area contributed by atoms with E-state index >= 15 is 0 Å². The van der Waals surface area contributed by atoms with Crippen LogP contribution in [0.4, 0.5) is 5.82 Å². The molecule has 0 N–H and O–H groups in total. The van der Waals surface area contributed by atoms with Gasteiger partial charge in [0.05, 0.1) is 6.61 Å². The summed E-state index contributed by atoms with van der Waals surface area (Å²) < 4.78 is 10.3. The number of piperazine rings is 1. The summed E-state index contributed by atoms with van der Waals surface area (Å²) in [6.07, 6.45) is 1.82. The lowest BCUT2D eigenvalue weighted by atomic mass is 10.0. The maximum Gasteiger partial charge on any atom is 0.233 e. The topological polar surface area (TPSA) is 67.8 Å². The molecule has 7 nitrogen and oxygen atoms in total. The lowest BCUT2D eigenvalue weighted by Crippen LogP contribution is -2.50. The molecule has 1 aliphatic heterocycles. The van der Waals surface area contributed by atoms with E-state index < -0.39 is 0 Å². The van der Waals surface area contributed by atoms with Crippen LogP contribution in [0.5, 0.6) is 5.88 Å². The number of hydrogen-bond acceptors (Lipinski definition) is 6. The highest BCUT2D eigenvalue weighted by Gasteiger charge is 2.26. The molecule has 1 amide bonds. The summed E-state index contributed by atoms with van der Waals surface area (Å²) in [5.41, 5.74) is 0. The molecule has 1 saturated heterocycles. The molecular formula is C17H28N4O3. The minimum Gasteiger partial charge on any atom is -0.474 e. The molecule has 0 radical (unpaired) electrons. The van der Waals surface area contributed by atoms with Gasteiger partial charge < -0.3 is 19.3 Å². The molecule has 0 bridgehead atoms. The third-order valence-electron chi connectivity index (χ3n) is 4.41. The first-order chi connectivity index (χ1) is 11.7. The number of carbonyl (C=O) groups is 1. The molecule has 2 heterocycles. The fraction of sp³-hybridized carbons (Fsp3) is 0.706. The second-order valence-corrected chi connectivity index (χ2v) is 5.90. The molecule has 0 saturated carbocycles. The van der Waals surface area contributed by atoms with Gasteiger partial charge in [-0.15, -0.1) is 10.2 Å². The molecule has 1 aromatic heterocycles. The Kier molecular flexibility index (Phi) is 7.24. The molecular weight excluding hydrogens is 308 g/mol. The third kappa shape index (κ3) is 4.80. The molecule has 24 heavy (non-hydrogen) atoms. The van der Waals surface area contributed by atoms with Crippen molar-refractivity contribution in [2.45, 2.75) is 26.7 Å². The van der Waals surface area contributed by atoms with E-state index in [1.165, 1.54) is 0 Å². The summed E-state index contributed by atoms with van der Waals surface area (Å²) in [7, 11) is 1.63. The summed E-state index contributed by atoms with van der Waals surface area (Å²) in [5, 5.41) is 8.31. The summed E-state index contributed by atoms with van der Waals surface area (Å²) in [6.45, 7) is 8.18. The molecule has 134 valence electrons. The summed E-state index contributed by atoms with van der Waals surface area (Å²) in [6, 6.07) is 3.73. The van der Waals surface area contributed by atoms with Gasteiger partial charge in [-0.25, -0.2) is 0 Å². The van der Waals surface area contributed by atoms with Gasteiger partial charge in [0.25, 0.3) is 0 Å². The Labute approximate surface area is 143 Å². The zero-order valence-corrected chi connectivity index (χ0v) is 14.9. The highest BCUT2D eigenvalue weighted by Crippen LogP contribution is 2.18. The number of hydrogen-bond donors (Lipinski definition) is 0. The van der Waals surface area contributed by atoms with Crippen LogP contribution in [0.25, 0.3) is 0 Å². The van der Waals surface area contributed by atoms with Crippen LogP contribution in [0, 0.1) is 5.92 Å². The van der Waals surface area contributed by atoms with Gasteiger partial charge in [0, 0.05) is 45.3 Å². The molecule has 0 unspecified atom stereocenters. The van der Waals surface area contributed by atoms with Crippen LogP contribution in [-0.4, -0.2) is 67.5 Å². The molecule has 2 rings (SSSR count). The van der Waals surface area contributed by atoms with E-state index in [9.17, 15) is 4.79 Å². The number of anilines is 1. The van der Waals surface area contributed by atoms with Crippen molar-refractivity contribution in [2.24, 2.45) is 5.92 Å². The highest BCUT2D eigenvalue weighted by atomic mass is 16.5. The lowest BCUT2D eigenvalue weighted by Gasteiger charge is -2.36. The van der Waals surface area contributed by atoms with Gasteiger partial charge in [0.15, 0.2) is 5.82 Å². The SMILES string of the molecule is CCC(CC)C(=O)N1CCN(c2ccc(OCCOC)nn2)CC1. The average Bonchev–Trinajstić information content (AvgIpc) is 2.63. The standard InChI is InChI=1S/C17H28N4O3/c1-4-14(5-2)17(22)21-10-8-20(9-11-21)15-6-7-16(19-18-15)24-13-12-23-3/h6-7,14H,4-5,8-13H2,1-3H3. The van der Waals surface area contributed by atoms with Crippen molar-refractivity contribution in [3.05, 3.63) is 12.1 Å². The molecule has 0 aliphatic carbocycles. The van der Waals surface area contributed by atoms with Crippen molar-refractivity contribution in [3.63, 3.8) is 0 Å². The minimum absolute atomic E-state index is 0.153. The van der Waals surface area contributed by atoms with Gasteiger partial charge in [-0.05, 0) is 18.9 Å². The highest BCUT2D eigenvalue weighted by molar-refractivity contribution is 5.79. The normalized spacial score (nSPS) is 15.0. The van der Waals surface area contributed by atoms with E-state index in [1.54, 1.807) is 7.11 Å². The number of carbonyl (C=O) groups excluding carboxylic acids is 1. The van der Waals surface area contributed by atoms with E-state index in [1.807, 2.05) is 17.0 Å². The number of ether oxygens (including phenoxy) is 2. The predicted molar refractivity (Wildman–Crippen MR) is 92.3 cm³/mol. The van der Waals surface area contributed by atoms with Crippen molar-refractivity contribution in [1.29, 1.82) is 0 Å². The van der Waals surface area contributed by atoms with Gasteiger partial charge in [-0.3, -0.25) is 4.79 Å². The van der Waals surface area contributed by atoms with Crippen molar-refractivity contribution in [2.75, 3.05) is 51.4 Å². The fourth-order valence-electron chi connectivity index (χ4n) is 2.84. The smallest absolute Gasteiger partial charge is 0.233 e. The Morgan fingerprint density at radius 2 is 1.83 bits per heavy atom. The first kappa shape index (κ1) is 18.4. The number of aromatic nitrogens is 2. The van der Waals surface area contributed by atoms with Crippen LogP contribution in [0.15, 0.2) is 12.1 Å². The monoisotopic (exact) mass is 336 g/mol. The van der Waals surface area contributed by atoms with Gasteiger partial charge in [0.2, 0.25) is 11.8 Å². The second kappa shape index (κ2) is 9.42. The quantitative estimate of drug-likeness (QED) is 0.672. The van der Waals surface area contributed by atoms with E-state index in [0.29, 0.717) is 19.1 Å². The van der Waals surface area contributed by atoms with Crippen molar-refractivity contribution in [1.82, 2.24) is 15.1 Å². The van der Waals surface area contributed by atoms with Crippen molar-refractivity contribution < 1.29 is 14.3 Å². The Bertz CT molecular complexity index is 497. The van der Waals surface area contributed by atoms with Gasteiger partial charge >= 0.3 is 0 Å². The number of amides is 1. The van der Waals surface area contributed by atoms with Crippen LogP contribution in [0.2, 0.25) is 0 Å². The lowest BCUT2D eigenvalue weighted by molar-refractivity contribution is -0.136. The summed E-state index contributed by atoms with van der Waals surface area (Å²) in [5.74, 6) is 1.76. The molecule has 7 heteroatoms. The summed E-state index contributed by atoms with van der Waals surface area (Å²) >= 11 is 0.